The summed E-state index contributed by atoms with van der Waals surface area (Å²) in [7, 11) is 0. The summed E-state index contributed by atoms with van der Waals surface area (Å²) >= 11 is 1.45. The topological polar surface area (TPSA) is 44.7 Å². The molecule has 0 saturated carbocycles. The van der Waals surface area contributed by atoms with Gasteiger partial charge in [-0.15, -0.1) is 0 Å². The maximum atomic E-state index is 12.9. The lowest BCUT2D eigenvalue weighted by Crippen LogP contribution is -2.42. The van der Waals surface area contributed by atoms with Crippen molar-refractivity contribution in [3.8, 4) is 0 Å². The van der Waals surface area contributed by atoms with Gasteiger partial charge in [0.2, 0.25) is 0 Å². The molecule has 4 nitrogen and oxygen atoms in total. The highest BCUT2D eigenvalue weighted by atomic mass is 32.2. The molecule has 1 N–H and O–H groups in total. The minimum absolute atomic E-state index is 0. The molecule has 1 amide bonds. The van der Waals surface area contributed by atoms with Crippen molar-refractivity contribution in [3.63, 3.8) is 0 Å². The molecule has 0 aromatic heterocycles. The molecule has 0 fully saturated rings. The van der Waals surface area contributed by atoms with E-state index < -0.39 is 5.54 Å². The first-order valence-corrected chi connectivity index (χ1v) is 8.23. The van der Waals surface area contributed by atoms with Crippen LogP contribution < -0.4 is 5.43 Å². The van der Waals surface area contributed by atoms with E-state index in [4.69, 9.17) is 0 Å². The number of aliphatic imine (C=N–C) groups is 1. The molecule has 0 spiro atoms. The number of hydrazine groups is 1. The zero-order valence-corrected chi connectivity index (χ0v) is 13.3. The Bertz CT molecular complexity index is 703. The number of nitrogens with one attached hydrogen (secondary N) is 1. The van der Waals surface area contributed by atoms with E-state index in [0.29, 0.717) is 5.17 Å². The quantitative estimate of drug-likeness (QED) is 0.922. The monoisotopic (exact) mass is 327 g/mol. The van der Waals surface area contributed by atoms with Crippen LogP contribution in [0, 0.1) is 0 Å². The molecule has 1 atom stereocenters. The molecule has 0 radical (unpaired) electrons. The third-order valence-electron chi connectivity index (χ3n) is 3.66. The largest absolute Gasteiger partial charge is 0.289 e. The standard InChI is InChI=1S/C17H17N3OS.CH4/c1-17(13-9-5-3-6-10-13)15(21)20(16(18-17)22-2)19-14-11-7-4-8-12-14;/h3-12,19H,1-2H3;1H4/t17-;/m0./s1. The predicted molar refractivity (Wildman–Crippen MR) is 98.4 cm³/mol. The van der Waals surface area contributed by atoms with Gasteiger partial charge in [0.1, 0.15) is 0 Å². The average Bonchev–Trinajstić information content (AvgIpc) is 2.82. The van der Waals surface area contributed by atoms with Gasteiger partial charge in [-0.05, 0) is 30.9 Å². The molecule has 0 unspecified atom stereocenters. The summed E-state index contributed by atoms with van der Waals surface area (Å²) in [5, 5.41) is 2.20. The van der Waals surface area contributed by atoms with Crippen LogP contribution in [0.3, 0.4) is 0 Å². The highest BCUT2D eigenvalue weighted by Gasteiger charge is 2.46. The fourth-order valence-electron chi connectivity index (χ4n) is 2.42. The number of thioether (sulfide) groups is 1. The van der Waals surface area contributed by atoms with E-state index in [-0.39, 0.29) is 13.3 Å². The molecule has 3 rings (SSSR count). The molecule has 120 valence electrons. The van der Waals surface area contributed by atoms with Crippen LogP contribution in [0.15, 0.2) is 65.7 Å². The van der Waals surface area contributed by atoms with Crippen LogP contribution in [0.2, 0.25) is 0 Å². The van der Waals surface area contributed by atoms with Crippen LogP contribution in [0.1, 0.15) is 19.9 Å². The lowest BCUT2D eigenvalue weighted by Gasteiger charge is -2.23. The van der Waals surface area contributed by atoms with E-state index in [2.05, 4.69) is 10.4 Å². The van der Waals surface area contributed by atoms with Crippen LogP contribution in [0.25, 0.3) is 0 Å². The van der Waals surface area contributed by atoms with Crippen LogP contribution in [0.4, 0.5) is 5.69 Å². The van der Waals surface area contributed by atoms with Crippen molar-refractivity contribution in [2.75, 3.05) is 11.7 Å². The number of hydrogen-bond donors (Lipinski definition) is 1. The number of para-hydroxylation sites is 1. The van der Waals surface area contributed by atoms with Gasteiger partial charge < -0.3 is 0 Å². The molecule has 23 heavy (non-hydrogen) atoms. The molecule has 1 aliphatic heterocycles. The van der Waals surface area contributed by atoms with Gasteiger partial charge in [-0.3, -0.25) is 10.2 Å². The lowest BCUT2D eigenvalue weighted by molar-refractivity contribution is -0.129. The van der Waals surface area contributed by atoms with Crippen LogP contribution in [-0.2, 0) is 10.3 Å². The maximum absolute atomic E-state index is 12.9. The van der Waals surface area contributed by atoms with E-state index in [1.807, 2.05) is 73.8 Å². The van der Waals surface area contributed by atoms with E-state index in [1.54, 1.807) is 0 Å². The first kappa shape index (κ1) is 17.1. The molecule has 0 saturated heterocycles. The molecule has 2 aromatic carbocycles. The maximum Gasteiger partial charge on any atom is 0.279 e. The fourth-order valence-corrected chi connectivity index (χ4v) is 3.01. The number of benzene rings is 2. The van der Waals surface area contributed by atoms with E-state index >= 15 is 0 Å². The molecule has 1 heterocycles. The van der Waals surface area contributed by atoms with Crippen LogP contribution in [0.5, 0.6) is 0 Å². The van der Waals surface area contributed by atoms with E-state index in [9.17, 15) is 4.79 Å². The summed E-state index contributed by atoms with van der Waals surface area (Å²) in [6, 6.07) is 19.3. The van der Waals surface area contributed by atoms with Gasteiger partial charge >= 0.3 is 0 Å². The third kappa shape index (κ3) is 3.10. The second kappa shape index (κ2) is 6.87. The van der Waals surface area contributed by atoms with Crippen molar-refractivity contribution < 1.29 is 4.79 Å². The minimum Gasteiger partial charge on any atom is -0.289 e. The smallest absolute Gasteiger partial charge is 0.279 e. The van der Waals surface area contributed by atoms with Gasteiger partial charge in [-0.1, -0.05) is 67.7 Å². The summed E-state index contributed by atoms with van der Waals surface area (Å²) in [6.07, 6.45) is 1.92. The lowest BCUT2D eigenvalue weighted by atomic mass is 9.92. The average molecular weight is 327 g/mol. The van der Waals surface area contributed by atoms with Gasteiger partial charge in [0.05, 0.1) is 5.69 Å². The predicted octanol–water partition coefficient (Wildman–Crippen LogP) is 4.13. The first-order chi connectivity index (χ1) is 10.6. The van der Waals surface area contributed by atoms with Crippen molar-refractivity contribution in [3.05, 3.63) is 66.2 Å². The highest BCUT2D eigenvalue weighted by molar-refractivity contribution is 8.13. The SMILES string of the molecule is C.CSC1=N[C@@](C)(c2ccccc2)C(=O)N1Nc1ccccc1. The first-order valence-electron chi connectivity index (χ1n) is 7.01. The van der Waals surface area contributed by atoms with Crippen molar-refractivity contribution in [2.45, 2.75) is 19.9 Å². The number of carbonyl (C=O) groups excluding carboxylic acids is 1. The minimum atomic E-state index is -0.888. The molecule has 2 aromatic rings. The summed E-state index contributed by atoms with van der Waals surface area (Å²) in [4.78, 5) is 17.6. The van der Waals surface area contributed by atoms with Crippen LogP contribution >= 0.6 is 11.8 Å². The Morgan fingerprint density at radius 2 is 1.61 bits per heavy atom. The number of anilines is 1. The van der Waals surface area contributed by atoms with Crippen LogP contribution in [-0.4, -0.2) is 22.3 Å². The summed E-state index contributed by atoms with van der Waals surface area (Å²) < 4.78 is 0. The molecule has 1 aliphatic rings. The Balaban J connectivity index is 0.00000192. The fraction of sp³-hybridized carbons (Fsp3) is 0.222. The number of amides is 1. The number of hydrogen-bond acceptors (Lipinski definition) is 4. The van der Waals surface area contributed by atoms with Crippen molar-refractivity contribution in [1.29, 1.82) is 0 Å². The Labute approximate surface area is 141 Å². The highest BCUT2D eigenvalue weighted by Crippen LogP contribution is 2.35. The second-order valence-electron chi connectivity index (χ2n) is 5.16. The van der Waals surface area contributed by atoms with Gasteiger partial charge in [0.25, 0.3) is 5.91 Å². The molecule has 0 aliphatic carbocycles. The Hall–Kier alpha value is -2.27. The van der Waals surface area contributed by atoms with Gasteiger partial charge in [0.15, 0.2) is 10.7 Å². The zero-order chi connectivity index (χ0) is 15.6. The van der Waals surface area contributed by atoms with E-state index in [1.165, 1.54) is 16.8 Å². The summed E-state index contributed by atoms with van der Waals surface area (Å²) in [5.41, 5.74) is 4.01. The van der Waals surface area contributed by atoms with Gasteiger partial charge in [-0.2, -0.15) is 5.01 Å². The van der Waals surface area contributed by atoms with Gasteiger partial charge in [0, 0.05) is 0 Å². The molecule has 5 heteroatoms. The molecule has 0 bridgehead atoms. The van der Waals surface area contributed by atoms with Crippen molar-refractivity contribution >= 4 is 28.5 Å². The second-order valence-corrected chi connectivity index (χ2v) is 5.93. The number of rotatable bonds is 3. The van der Waals surface area contributed by atoms with Crippen molar-refractivity contribution in [2.24, 2.45) is 4.99 Å². The Morgan fingerprint density at radius 1 is 1.04 bits per heavy atom. The Kier molecular flexibility index (Phi) is 5.11. The van der Waals surface area contributed by atoms with Gasteiger partial charge in [-0.25, -0.2) is 4.99 Å². The molecular formula is C18H21N3OS. The summed E-state index contributed by atoms with van der Waals surface area (Å²) in [5.74, 6) is -0.0769. The normalized spacial score (nSPS) is 20.0. The number of carbonyl (C=O) groups is 1. The zero-order valence-electron chi connectivity index (χ0n) is 12.5. The third-order valence-corrected chi connectivity index (χ3v) is 4.30. The molecular weight excluding hydrogens is 306 g/mol. The Morgan fingerprint density at radius 3 is 2.17 bits per heavy atom. The number of amidine groups is 1. The number of nitrogens with zero attached hydrogens (tertiary/aromatic N) is 2. The van der Waals surface area contributed by atoms with E-state index in [0.717, 1.165) is 11.3 Å². The summed E-state index contributed by atoms with van der Waals surface area (Å²) in [6.45, 7) is 1.85. The van der Waals surface area contributed by atoms with Crippen molar-refractivity contribution in [1.82, 2.24) is 5.01 Å².